The molecule has 0 saturated carbocycles. The van der Waals surface area contributed by atoms with Gasteiger partial charge in [0.1, 0.15) is 0 Å². The Kier molecular flexibility index (Phi) is 2.81. The monoisotopic (exact) mass is 136 g/mol. The molecular formula is C10H16. The highest BCUT2D eigenvalue weighted by Gasteiger charge is 2.03. The van der Waals surface area contributed by atoms with E-state index in [0.29, 0.717) is 11.8 Å². The highest BCUT2D eigenvalue weighted by Crippen LogP contribution is 2.15. The molecule has 0 aliphatic heterocycles. The van der Waals surface area contributed by atoms with Crippen LogP contribution in [0.3, 0.4) is 0 Å². The summed E-state index contributed by atoms with van der Waals surface area (Å²) >= 11 is 0. The smallest absolute Gasteiger partial charge is 0.0174 e. The molecule has 0 nitrogen and oxygen atoms in total. The lowest BCUT2D eigenvalue weighted by atomic mass is 9.95. The third-order valence-electron chi connectivity index (χ3n) is 2.10. The SMILES string of the molecule is CC1C#CC(C)CCCC1. The molecule has 0 aromatic rings. The molecule has 0 amide bonds. The average molecular weight is 136 g/mol. The van der Waals surface area contributed by atoms with Gasteiger partial charge in [-0.1, -0.05) is 38.5 Å². The summed E-state index contributed by atoms with van der Waals surface area (Å²) in [5, 5.41) is 0. The van der Waals surface area contributed by atoms with Crippen molar-refractivity contribution < 1.29 is 0 Å². The number of hydrogen-bond acceptors (Lipinski definition) is 0. The van der Waals surface area contributed by atoms with E-state index >= 15 is 0 Å². The van der Waals surface area contributed by atoms with Gasteiger partial charge in [0, 0.05) is 11.8 Å². The van der Waals surface area contributed by atoms with Gasteiger partial charge < -0.3 is 0 Å². The minimum Gasteiger partial charge on any atom is -0.0999 e. The van der Waals surface area contributed by atoms with Gasteiger partial charge in [0.05, 0.1) is 0 Å². The molecule has 0 N–H and O–H groups in total. The van der Waals surface area contributed by atoms with Crippen molar-refractivity contribution in [2.75, 3.05) is 0 Å². The van der Waals surface area contributed by atoms with Crippen molar-refractivity contribution >= 4 is 0 Å². The third-order valence-corrected chi connectivity index (χ3v) is 2.10. The number of rotatable bonds is 0. The van der Waals surface area contributed by atoms with Crippen LogP contribution in [0.15, 0.2) is 0 Å². The van der Waals surface area contributed by atoms with Crippen molar-refractivity contribution in [1.82, 2.24) is 0 Å². The summed E-state index contributed by atoms with van der Waals surface area (Å²) in [6.45, 7) is 4.45. The summed E-state index contributed by atoms with van der Waals surface area (Å²) in [6.07, 6.45) is 5.36. The topological polar surface area (TPSA) is 0 Å². The summed E-state index contributed by atoms with van der Waals surface area (Å²) < 4.78 is 0. The molecule has 0 radical (unpaired) electrons. The normalized spacial score (nSPS) is 33.4. The maximum absolute atomic E-state index is 3.28. The van der Waals surface area contributed by atoms with Gasteiger partial charge in [-0.2, -0.15) is 0 Å². The fraction of sp³-hybridized carbons (Fsp3) is 0.800. The zero-order valence-corrected chi connectivity index (χ0v) is 6.98. The number of hydrogen-bond donors (Lipinski definition) is 0. The van der Waals surface area contributed by atoms with Crippen LogP contribution in [0.4, 0.5) is 0 Å². The molecule has 0 heteroatoms. The Morgan fingerprint density at radius 1 is 0.900 bits per heavy atom. The van der Waals surface area contributed by atoms with Crippen LogP contribution in [0.1, 0.15) is 39.5 Å². The Hall–Kier alpha value is -0.440. The van der Waals surface area contributed by atoms with Gasteiger partial charge in [-0.05, 0) is 12.8 Å². The van der Waals surface area contributed by atoms with Crippen LogP contribution in [0.5, 0.6) is 0 Å². The summed E-state index contributed by atoms with van der Waals surface area (Å²) in [7, 11) is 0. The molecule has 2 atom stereocenters. The molecule has 0 heterocycles. The lowest BCUT2D eigenvalue weighted by Crippen LogP contribution is -1.98. The molecule has 56 valence electrons. The molecule has 0 spiro atoms. The largest absolute Gasteiger partial charge is 0.0999 e. The van der Waals surface area contributed by atoms with E-state index in [9.17, 15) is 0 Å². The van der Waals surface area contributed by atoms with Crippen molar-refractivity contribution in [3.8, 4) is 11.8 Å². The quantitative estimate of drug-likeness (QED) is 0.449. The van der Waals surface area contributed by atoms with Crippen molar-refractivity contribution in [1.29, 1.82) is 0 Å². The van der Waals surface area contributed by atoms with E-state index in [-0.39, 0.29) is 0 Å². The van der Waals surface area contributed by atoms with E-state index in [2.05, 4.69) is 25.7 Å². The molecule has 0 saturated heterocycles. The average Bonchev–Trinajstić information content (AvgIpc) is 1.90. The first-order valence-corrected chi connectivity index (χ1v) is 4.30. The van der Waals surface area contributed by atoms with Crippen LogP contribution < -0.4 is 0 Å². The molecular weight excluding hydrogens is 120 g/mol. The van der Waals surface area contributed by atoms with E-state index in [0.717, 1.165) is 0 Å². The van der Waals surface area contributed by atoms with Crippen molar-refractivity contribution in [3.05, 3.63) is 0 Å². The molecule has 0 fully saturated rings. The Bertz CT molecular complexity index is 131. The van der Waals surface area contributed by atoms with Gasteiger partial charge >= 0.3 is 0 Å². The summed E-state index contributed by atoms with van der Waals surface area (Å²) in [5.41, 5.74) is 0. The van der Waals surface area contributed by atoms with Crippen molar-refractivity contribution in [2.24, 2.45) is 11.8 Å². The van der Waals surface area contributed by atoms with Crippen LogP contribution in [0.25, 0.3) is 0 Å². The first-order chi connectivity index (χ1) is 4.79. The van der Waals surface area contributed by atoms with E-state index in [1.165, 1.54) is 25.7 Å². The maximum atomic E-state index is 3.28. The minimum absolute atomic E-state index is 0.641. The van der Waals surface area contributed by atoms with E-state index < -0.39 is 0 Å². The highest BCUT2D eigenvalue weighted by atomic mass is 14.1. The zero-order chi connectivity index (χ0) is 7.40. The van der Waals surface area contributed by atoms with Crippen LogP contribution >= 0.6 is 0 Å². The van der Waals surface area contributed by atoms with Crippen molar-refractivity contribution in [3.63, 3.8) is 0 Å². The molecule has 0 aromatic carbocycles. The Labute approximate surface area is 64.0 Å². The third kappa shape index (κ3) is 2.43. The Morgan fingerprint density at radius 3 is 1.70 bits per heavy atom. The second kappa shape index (κ2) is 3.66. The molecule has 10 heavy (non-hydrogen) atoms. The lowest BCUT2D eigenvalue weighted by Gasteiger charge is -2.09. The van der Waals surface area contributed by atoms with Crippen LogP contribution in [-0.2, 0) is 0 Å². The van der Waals surface area contributed by atoms with Gasteiger partial charge in [0.15, 0.2) is 0 Å². The molecule has 2 unspecified atom stereocenters. The minimum atomic E-state index is 0.641. The van der Waals surface area contributed by atoms with Crippen LogP contribution in [-0.4, -0.2) is 0 Å². The fourth-order valence-electron chi connectivity index (χ4n) is 1.33. The molecule has 1 aliphatic carbocycles. The molecule has 1 rings (SSSR count). The van der Waals surface area contributed by atoms with Gasteiger partial charge in [0.2, 0.25) is 0 Å². The maximum Gasteiger partial charge on any atom is 0.0174 e. The van der Waals surface area contributed by atoms with Crippen LogP contribution in [0, 0.1) is 23.7 Å². The van der Waals surface area contributed by atoms with E-state index in [1.807, 2.05) is 0 Å². The summed E-state index contributed by atoms with van der Waals surface area (Å²) in [4.78, 5) is 0. The molecule has 1 aliphatic rings. The molecule has 0 bridgehead atoms. The van der Waals surface area contributed by atoms with Gasteiger partial charge in [0.25, 0.3) is 0 Å². The lowest BCUT2D eigenvalue weighted by molar-refractivity contribution is 0.525. The zero-order valence-electron chi connectivity index (χ0n) is 6.98. The Morgan fingerprint density at radius 2 is 1.30 bits per heavy atom. The van der Waals surface area contributed by atoms with Crippen LogP contribution in [0.2, 0.25) is 0 Å². The second-order valence-electron chi connectivity index (χ2n) is 3.38. The van der Waals surface area contributed by atoms with Gasteiger partial charge in [-0.25, -0.2) is 0 Å². The summed E-state index contributed by atoms with van der Waals surface area (Å²) in [6, 6.07) is 0. The summed E-state index contributed by atoms with van der Waals surface area (Å²) in [5.74, 6) is 7.85. The van der Waals surface area contributed by atoms with Gasteiger partial charge in [-0.15, -0.1) is 0 Å². The molecule has 0 aromatic heterocycles. The first kappa shape index (κ1) is 7.66. The first-order valence-electron chi connectivity index (χ1n) is 4.30. The van der Waals surface area contributed by atoms with E-state index in [4.69, 9.17) is 0 Å². The fourth-order valence-corrected chi connectivity index (χ4v) is 1.33. The van der Waals surface area contributed by atoms with Crippen molar-refractivity contribution in [2.45, 2.75) is 39.5 Å². The van der Waals surface area contributed by atoms with Gasteiger partial charge in [-0.3, -0.25) is 0 Å². The Balaban J connectivity index is 2.49. The van der Waals surface area contributed by atoms with E-state index in [1.54, 1.807) is 0 Å². The highest BCUT2D eigenvalue weighted by molar-refractivity contribution is 5.06. The predicted octanol–water partition coefficient (Wildman–Crippen LogP) is 2.84. The second-order valence-corrected chi connectivity index (χ2v) is 3.38. The predicted molar refractivity (Wildman–Crippen MR) is 44.6 cm³/mol. The standard InChI is InChI=1S/C10H16/c1-9-5-3-4-6-10(2)8-7-9/h9-10H,3-6H2,1-2H3.